The van der Waals surface area contributed by atoms with Crippen molar-refractivity contribution in [3.05, 3.63) is 29.8 Å². The van der Waals surface area contributed by atoms with E-state index in [-0.39, 0.29) is 23.7 Å². The van der Waals surface area contributed by atoms with Gasteiger partial charge >= 0.3 is 0 Å². The molecule has 2 fully saturated rings. The van der Waals surface area contributed by atoms with E-state index in [4.69, 9.17) is 4.74 Å². The Morgan fingerprint density at radius 3 is 2.62 bits per heavy atom. The normalized spacial score (nSPS) is 18.7. The van der Waals surface area contributed by atoms with Gasteiger partial charge in [-0.05, 0) is 44.2 Å². The topological polar surface area (TPSA) is 50.4 Å². The van der Waals surface area contributed by atoms with Crippen LogP contribution in [0, 0.1) is 5.92 Å². The molecule has 0 atom stereocenters. The van der Waals surface area contributed by atoms with Crippen LogP contribution in [0.1, 0.15) is 44.1 Å². The predicted molar refractivity (Wildman–Crippen MR) is 99.0 cm³/mol. The molecule has 0 unspecified atom stereocenters. The van der Waals surface area contributed by atoms with Crippen molar-refractivity contribution < 1.29 is 9.53 Å². The highest BCUT2D eigenvalue weighted by molar-refractivity contribution is 5.85. The quantitative estimate of drug-likeness (QED) is 0.756. The summed E-state index contributed by atoms with van der Waals surface area (Å²) in [6.45, 7) is 2.11. The molecule has 0 bridgehead atoms. The number of hydrogen-bond acceptors (Lipinski definition) is 3. The third-order valence-electron chi connectivity index (χ3n) is 5.28. The average Bonchev–Trinajstić information content (AvgIpc) is 3.28. The number of methoxy groups -OCH3 is 1. The lowest BCUT2D eigenvalue weighted by atomic mass is 9.78. The summed E-state index contributed by atoms with van der Waals surface area (Å²) in [6, 6.07) is 8.25. The fourth-order valence-corrected chi connectivity index (χ4v) is 3.72. The summed E-state index contributed by atoms with van der Waals surface area (Å²) in [5, 5.41) is 6.41. The maximum Gasteiger partial charge on any atom is 0.233 e. The van der Waals surface area contributed by atoms with Gasteiger partial charge in [-0.1, -0.05) is 31.0 Å². The highest BCUT2D eigenvalue weighted by Crippen LogP contribution is 2.44. The molecule has 134 valence electrons. The summed E-state index contributed by atoms with van der Waals surface area (Å²) >= 11 is 0. The fraction of sp³-hybridized carbons (Fsp3) is 0.632. The molecule has 0 radical (unpaired) electrons. The third kappa shape index (κ3) is 4.64. The fourth-order valence-electron chi connectivity index (χ4n) is 3.72. The van der Waals surface area contributed by atoms with Crippen LogP contribution < -0.4 is 15.4 Å². The van der Waals surface area contributed by atoms with Gasteiger partial charge in [-0.2, -0.15) is 0 Å². The smallest absolute Gasteiger partial charge is 0.233 e. The molecule has 1 aromatic carbocycles. The second-order valence-corrected chi connectivity index (χ2v) is 7.04. The Balaban J connectivity index is 0.00000208. The molecule has 2 saturated carbocycles. The standard InChI is InChI=1S/C19H28N2O2.ClH/c1-23-17-7-3-2-6-16(17)19(10-4-5-11-19)14-21-18(22)13-20-12-15-8-9-15;/h2-3,6-7,15,20H,4-5,8-14H2,1H3,(H,21,22);1H. The first-order valence-corrected chi connectivity index (χ1v) is 8.84. The van der Waals surface area contributed by atoms with Gasteiger partial charge in [0.05, 0.1) is 13.7 Å². The number of carbonyl (C=O) groups is 1. The summed E-state index contributed by atoms with van der Waals surface area (Å²) in [7, 11) is 1.72. The summed E-state index contributed by atoms with van der Waals surface area (Å²) in [4.78, 5) is 12.1. The van der Waals surface area contributed by atoms with Crippen LogP contribution in [0.5, 0.6) is 5.75 Å². The molecule has 5 heteroatoms. The van der Waals surface area contributed by atoms with Crippen LogP contribution in [0.2, 0.25) is 0 Å². The minimum atomic E-state index is 0. The number of ether oxygens (including phenoxy) is 1. The van der Waals surface area contributed by atoms with E-state index in [1.54, 1.807) is 7.11 Å². The molecule has 2 N–H and O–H groups in total. The zero-order valence-corrected chi connectivity index (χ0v) is 15.3. The number of carbonyl (C=O) groups excluding carboxylic acids is 1. The Morgan fingerprint density at radius 2 is 1.96 bits per heavy atom. The van der Waals surface area contributed by atoms with Crippen molar-refractivity contribution in [1.82, 2.24) is 10.6 Å². The van der Waals surface area contributed by atoms with E-state index in [9.17, 15) is 4.79 Å². The lowest BCUT2D eigenvalue weighted by molar-refractivity contribution is -0.120. The molecule has 2 aliphatic carbocycles. The van der Waals surface area contributed by atoms with Crippen LogP contribution in [0.25, 0.3) is 0 Å². The Morgan fingerprint density at radius 1 is 1.25 bits per heavy atom. The summed E-state index contributed by atoms with van der Waals surface area (Å²) in [6.07, 6.45) is 7.28. The number of para-hydroxylation sites is 1. The summed E-state index contributed by atoms with van der Waals surface area (Å²) in [5.74, 6) is 1.85. The molecule has 24 heavy (non-hydrogen) atoms. The molecule has 0 saturated heterocycles. The van der Waals surface area contributed by atoms with Crippen molar-refractivity contribution in [2.75, 3.05) is 26.7 Å². The molecule has 3 rings (SSSR count). The van der Waals surface area contributed by atoms with E-state index in [2.05, 4.69) is 22.8 Å². The predicted octanol–water partition coefficient (Wildman–Crippen LogP) is 3.04. The van der Waals surface area contributed by atoms with Gasteiger partial charge in [-0.25, -0.2) is 0 Å². The first-order chi connectivity index (χ1) is 11.2. The van der Waals surface area contributed by atoms with Crippen molar-refractivity contribution in [1.29, 1.82) is 0 Å². The van der Waals surface area contributed by atoms with Crippen LogP contribution in [-0.4, -0.2) is 32.7 Å². The molecule has 2 aliphatic rings. The van der Waals surface area contributed by atoms with Crippen LogP contribution in [0.3, 0.4) is 0 Å². The maximum atomic E-state index is 12.1. The first kappa shape index (κ1) is 19.1. The maximum absolute atomic E-state index is 12.1. The number of halogens is 1. The van der Waals surface area contributed by atoms with E-state index in [0.29, 0.717) is 13.1 Å². The molecule has 1 amide bonds. The number of rotatable bonds is 8. The van der Waals surface area contributed by atoms with Gasteiger partial charge in [0.2, 0.25) is 5.91 Å². The van der Waals surface area contributed by atoms with Crippen LogP contribution >= 0.6 is 12.4 Å². The van der Waals surface area contributed by atoms with E-state index >= 15 is 0 Å². The molecule has 0 aliphatic heterocycles. The molecular formula is C19H29ClN2O2. The SMILES string of the molecule is COc1ccccc1C1(CNC(=O)CNCC2CC2)CCCC1.Cl. The molecule has 0 aromatic heterocycles. The second kappa shape index (κ2) is 8.72. The van der Waals surface area contributed by atoms with Crippen molar-refractivity contribution >= 4 is 18.3 Å². The van der Waals surface area contributed by atoms with Crippen LogP contribution in [-0.2, 0) is 10.2 Å². The highest BCUT2D eigenvalue weighted by atomic mass is 35.5. The molecule has 1 aromatic rings. The Labute approximate surface area is 151 Å². The van der Waals surface area contributed by atoms with Crippen molar-refractivity contribution in [3.8, 4) is 5.75 Å². The minimum Gasteiger partial charge on any atom is -0.496 e. The zero-order chi connectivity index (χ0) is 16.1. The summed E-state index contributed by atoms with van der Waals surface area (Å²) < 4.78 is 5.56. The van der Waals surface area contributed by atoms with Gasteiger partial charge in [0.1, 0.15) is 5.75 Å². The van der Waals surface area contributed by atoms with Crippen LogP contribution in [0.4, 0.5) is 0 Å². The van der Waals surface area contributed by atoms with Gasteiger partial charge in [0.15, 0.2) is 0 Å². The Bertz CT molecular complexity index is 540. The lowest BCUT2D eigenvalue weighted by Gasteiger charge is -2.31. The molecule has 0 spiro atoms. The van der Waals surface area contributed by atoms with Gasteiger partial charge in [0.25, 0.3) is 0 Å². The van der Waals surface area contributed by atoms with Gasteiger partial charge < -0.3 is 15.4 Å². The third-order valence-corrected chi connectivity index (χ3v) is 5.28. The van der Waals surface area contributed by atoms with Gasteiger partial charge in [0, 0.05) is 17.5 Å². The minimum absolute atomic E-state index is 0. The zero-order valence-electron chi connectivity index (χ0n) is 14.5. The van der Waals surface area contributed by atoms with E-state index in [0.717, 1.165) is 31.1 Å². The Hall–Kier alpha value is -1.26. The highest BCUT2D eigenvalue weighted by Gasteiger charge is 2.37. The van der Waals surface area contributed by atoms with Gasteiger partial charge in [-0.3, -0.25) is 4.79 Å². The van der Waals surface area contributed by atoms with Gasteiger partial charge in [-0.15, -0.1) is 12.4 Å². The van der Waals surface area contributed by atoms with E-state index in [1.165, 1.54) is 31.2 Å². The summed E-state index contributed by atoms with van der Waals surface area (Å²) in [5.41, 5.74) is 1.27. The van der Waals surface area contributed by atoms with Crippen LogP contribution in [0.15, 0.2) is 24.3 Å². The van der Waals surface area contributed by atoms with E-state index in [1.807, 2.05) is 12.1 Å². The molecule has 0 heterocycles. The molecule has 4 nitrogen and oxygen atoms in total. The average molecular weight is 353 g/mol. The number of benzene rings is 1. The monoisotopic (exact) mass is 352 g/mol. The number of nitrogens with one attached hydrogen (secondary N) is 2. The molecular weight excluding hydrogens is 324 g/mol. The number of hydrogen-bond donors (Lipinski definition) is 2. The second-order valence-electron chi connectivity index (χ2n) is 7.04. The number of amides is 1. The van der Waals surface area contributed by atoms with Crippen molar-refractivity contribution in [2.24, 2.45) is 5.92 Å². The van der Waals surface area contributed by atoms with E-state index < -0.39 is 0 Å². The van der Waals surface area contributed by atoms with Crippen molar-refractivity contribution in [2.45, 2.75) is 43.9 Å². The largest absolute Gasteiger partial charge is 0.496 e. The first-order valence-electron chi connectivity index (χ1n) is 8.84. The van der Waals surface area contributed by atoms with Crippen molar-refractivity contribution in [3.63, 3.8) is 0 Å². The lowest BCUT2D eigenvalue weighted by Crippen LogP contribution is -2.42. The Kier molecular flexibility index (Phi) is 6.93.